The summed E-state index contributed by atoms with van der Waals surface area (Å²) in [5, 5.41) is 5.75. The summed E-state index contributed by atoms with van der Waals surface area (Å²) in [5.41, 5.74) is 2.62. The fourth-order valence-electron chi connectivity index (χ4n) is 3.91. The molecule has 1 fully saturated rings. The number of para-hydroxylation sites is 1. The number of ether oxygens (including phenoxy) is 1. The normalized spacial score (nSPS) is 18.1. The molecule has 2 aromatic rings. The number of piperidine rings is 1. The first kappa shape index (κ1) is 22.5. The minimum atomic E-state index is -0.283. The zero-order valence-corrected chi connectivity index (χ0v) is 18.1. The number of carbonyl (C=O) groups excluding carboxylic acids is 3. The predicted molar refractivity (Wildman–Crippen MR) is 119 cm³/mol. The van der Waals surface area contributed by atoms with E-state index in [9.17, 15) is 14.4 Å². The average Bonchev–Trinajstić information content (AvgIpc) is 2.74. The quantitative estimate of drug-likeness (QED) is 0.594. The molecule has 1 aliphatic rings. The lowest BCUT2D eigenvalue weighted by atomic mass is 9.98. The average molecular weight is 425 g/mol. The van der Waals surface area contributed by atoms with E-state index in [0.717, 1.165) is 29.8 Å². The number of esters is 1. The third-order valence-corrected chi connectivity index (χ3v) is 5.37. The molecule has 2 amide bonds. The van der Waals surface area contributed by atoms with Gasteiger partial charge >= 0.3 is 5.97 Å². The number of anilines is 2. The molecule has 0 aromatic heterocycles. The Morgan fingerprint density at radius 2 is 1.90 bits per heavy atom. The summed E-state index contributed by atoms with van der Waals surface area (Å²) in [6.07, 6.45) is 1.67. The zero-order chi connectivity index (χ0) is 22.2. The minimum Gasteiger partial charge on any atom is -0.466 e. The number of benzene rings is 2. The molecule has 0 saturated carbocycles. The Labute approximate surface area is 182 Å². The van der Waals surface area contributed by atoms with Crippen molar-refractivity contribution >= 4 is 29.2 Å². The standard InChI is InChI=1S/C24H29N3O4/c1-3-31-24(30)18-9-7-13-27(15-18)16-22(28)26-21-12-5-4-11-20(21)23(29)25-19-10-6-8-17(2)14-19/h4-6,8,10-12,14,18H,3,7,9,13,15-16H2,1-2H3,(H,25,29)(H,26,28)/p+1/t18-/m0/s1. The number of likely N-dealkylation sites (tertiary alicyclic amines) is 1. The molecule has 31 heavy (non-hydrogen) atoms. The molecule has 1 heterocycles. The summed E-state index contributed by atoms with van der Waals surface area (Å²) in [6, 6.07) is 14.5. The smallest absolute Gasteiger partial charge is 0.314 e. The van der Waals surface area contributed by atoms with E-state index >= 15 is 0 Å². The van der Waals surface area contributed by atoms with Gasteiger partial charge in [-0.2, -0.15) is 0 Å². The highest BCUT2D eigenvalue weighted by atomic mass is 16.5. The van der Waals surface area contributed by atoms with Crippen LogP contribution < -0.4 is 15.5 Å². The zero-order valence-electron chi connectivity index (χ0n) is 18.1. The van der Waals surface area contributed by atoms with Gasteiger partial charge in [0.1, 0.15) is 5.92 Å². The van der Waals surface area contributed by atoms with Crippen LogP contribution in [0.15, 0.2) is 48.5 Å². The second-order valence-corrected chi connectivity index (χ2v) is 7.89. The van der Waals surface area contributed by atoms with E-state index in [1.165, 1.54) is 0 Å². The van der Waals surface area contributed by atoms with E-state index in [4.69, 9.17) is 4.74 Å². The van der Waals surface area contributed by atoms with Crippen LogP contribution in [-0.2, 0) is 14.3 Å². The topological polar surface area (TPSA) is 88.9 Å². The lowest BCUT2D eigenvalue weighted by Crippen LogP contribution is -3.14. The SMILES string of the molecule is CCOC(=O)[C@H]1CCC[NH+](CC(=O)Nc2ccccc2C(=O)Nc2cccc(C)c2)C1. The Hall–Kier alpha value is -3.19. The van der Waals surface area contributed by atoms with E-state index in [1.807, 2.05) is 31.2 Å². The molecule has 3 rings (SSSR count). The van der Waals surface area contributed by atoms with Gasteiger partial charge in [-0.1, -0.05) is 24.3 Å². The summed E-state index contributed by atoms with van der Waals surface area (Å²) in [7, 11) is 0. The van der Waals surface area contributed by atoms with Crippen LogP contribution in [-0.4, -0.2) is 44.0 Å². The number of aryl methyl sites for hydroxylation is 1. The maximum absolute atomic E-state index is 12.8. The Morgan fingerprint density at radius 3 is 2.68 bits per heavy atom. The number of rotatable bonds is 7. The van der Waals surface area contributed by atoms with Crippen molar-refractivity contribution in [2.24, 2.45) is 5.92 Å². The van der Waals surface area contributed by atoms with Gasteiger partial charge in [0.05, 0.1) is 30.9 Å². The van der Waals surface area contributed by atoms with Crippen molar-refractivity contribution in [2.75, 3.05) is 36.9 Å². The Balaban J connectivity index is 1.61. The van der Waals surface area contributed by atoms with Gasteiger partial charge in [-0.05, 0) is 56.5 Å². The van der Waals surface area contributed by atoms with Crippen LogP contribution in [0.5, 0.6) is 0 Å². The summed E-state index contributed by atoms with van der Waals surface area (Å²) < 4.78 is 5.13. The van der Waals surface area contributed by atoms with Crippen molar-refractivity contribution in [3.8, 4) is 0 Å². The fraction of sp³-hybridized carbons (Fsp3) is 0.375. The summed E-state index contributed by atoms with van der Waals surface area (Å²) in [5.74, 6) is -0.813. The van der Waals surface area contributed by atoms with Gasteiger partial charge in [0, 0.05) is 5.69 Å². The van der Waals surface area contributed by atoms with E-state index in [1.54, 1.807) is 31.2 Å². The Bertz CT molecular complexity index is 944. The van der Waals surface area contributed by atoms with Crippen molar-refractivity contribution in [2.45, 2.75) is 26.7 Å². The third-order valence-electron chi connectivity index (χ3n) is 5.37. The molecular formula is C24H30N3O4+. The molecule has 1 saturated heterocycles. The maximum Gasteiger partial charge on any atom is 0.314 e. The second-order valence-electron chi connectivity index (χ2n) is 7.89. The first-order valence-electron chi connectivity index (χ1n) is 10.7. The Kier molecular flexibility index (Phi) is 7.78. The molecule has 0 bridgehead atoms. The van der Waals surface area contributed by atoms with Gasteiger partial charge in [0.15, 0.2) is 6.54 Å². The summed E-state index contributed by atoms with van der Waals surface area (Å²) in [6.45, 7) is 5.78. The molecule has 1 unspecified atom stereocenters. The number of hydrogen-bond acceptors (Lipinski definition) is 4. The molecule has 2 aromatic carbocycles. The molecule has 0 aliphatic carbocycles. The number of amides is 2. The van der Waals surface area contributed by atoms with Crippen LogP contribution in [0.25, 0.3) is 0 Å². The van der Waals surface area contributed by atoms with Crippen molar-refractivity contribution in [3.05, 3.63) is 59.7 Å². The summed E-state index contributed by atoms with van der Waals surface area (Å²) >= 11 is 0. The highest BCUT2D eigenvalue weighted by Crippen LogP contribution is 2.18. The van der Waals surface area contributed by atoms with E-state index in [-0.39, 0.29) is 30.2 Å². The second kappa shape index (κ2) is 10.7. The molecule has 164 valence electrons. The highest BCUT2D eigenvalue weighted by Gasteiger charge is 2.31. The number of carbonyl (C=O) groups is 3. The summed E-state index contributed by atoms with van der Waals surface area (Å²) in [4.78, 5) is 38.5. The largest absolute Gasteiger partial charge is 0.466 e. The Morgan fingerprint density at radius 1 is 1.10 bits per heavy atom. The highest BCUT2D eigenvalue weighted by molar-refractivity contribution is 6.10. The van der Waals surface area contributed by atoms with Crippen LogP contribution in [0.2, 0.25) is 0 Å². The van der Waals surface area contributed by atoms with E-state index in [0.29, 0.717) is 30.1 Å². The molecule has 7 nitrogen and oxygen atoms in total. The van der Waals surface area contributed by atoms with Crippen LogP contribution in [0.1, 0.15) is 35.7 Å². The van der Waals surface area contributed by atoms with Gasteiger partial charge in [0.25, 0.3) is 11.8 Å². The van der Waals surface area contributed by atoms with Crippen molar-refractivity contribution in [1.29, 1.82) is 0 Å². The number of hydrogen-bond donors (Lipinski definition) is 3. The van der Waals surface area contributed by atoms with Crippen molar-refractivity contribution < 1.29 is 24.0 Å². The molecule has 1 aliphatic heterocycles. The van der Waals surface area contributed by atoms with Gasteiger partial charge in [-0.3, -0.25) is 14.4 Å². The first-order chi connectivity index (χ1) is 15.0. The van der Waals surface area contributed by atoms with Crippen LogP contribution >= 0.6 is 0 Å². The predicted octanol–water partition coefficient (Wildman–Crippen LogP) is 2.04. The lowest BCUT2D eigenvalue weighted by Gasteiger charge is -2.28. The number of quaternary nitrogens is 1. The molecule has 0 spiro atoms. The minimum absolute atomic E-state index is 0.163. The lowest BCUT2D eigenvalue weighted by molar-refractivity contribution is -0.899. The third kappa shape index (κ3) is 6.39. The van der Waals surface area contributed by atoms with Gasteiger partial charge in [0.2, 0.25) is 0 Å². The van der Waals surface area contributed by atoms with Crippen LogP contribution in [0.3, 0.4) is 0 Å². The molecular weight excluding hydrogens is 394 g/mol. The van der Waals surface area contributed by atoms with E-state index in [2.05, 4.69) is 10.6 Å². The van der Waals surface area contributed by atoms with Crippen LogP contribution in [0, 0.1) is 12.8 Å². The van der Waals surface area contributed by atoms with E-state index < -0.39 is 0 Å². The monoisotopic (exact) mass is 424 g/mol. The van der Waals surface area contributed by atoms with Gasteiger partial charge < -0.3 is 20.3 Å². The molecule has 0 radical (unpaired) electrons. The maximum atomic E-state index is 12.8. The van der Waals surface area contributed by atoms with Crippen LogP contribution in [0.4, 0.5) is 11.4 Å². The molecule has 3 N–H and O–H groups in total. The van der Waals surface area contributed by atoms with Crippen molar-refractivity contribution in [3.63, 3.8) is 0 Å². The molecule has 7 heteroatoms. The van der Waals surface area contributed by atoms with Gasteiger partial charge in [-0.15, -0.1) is 0 Å². The first-order valence-corrected chi connectivity index (χ1v) is 10.7. The number of nitrogens with one attached hydrogen (secondary N) is 3. The molecule has 2 atom stereocenters. The fourth-order valence-corrected chi connectivity index (χ4v) is 3.91. The van der Waals surface area contributed by atoms with Crippen molar-refractivity contribution in [1.82, 2.24) is 0 Å². The van der Waals surface area contributed by atoms with Gasteiger partial charge in [-0.25, -0.2) is 0 Å².